The standard InChI is InChI=1S/C30H40N2O2/c1-4-7-21-8-10-22(11-9-21)24-12-13-26-25(18-24)19-30(5-2,6-3)28(26)31-29(33)34-27-20-32-16-14-23(27)15-17-32/h8-13,18,23,27-28H,4-7,14-17,19-20H2,1-3H3,(H,31,33)/t27-,28?/m1/s1. The Morgan fingerprint density at radius 2 is 1.74 bits per heavy atom. The Labute approximate surface area is 205 Å². The summed E-state index contributed by atoms with van der Waals surface area (Å²) in [6.07, 6.45) is 7.47. The van der Waals surface area contributed by atoms with Crippen molar-refractivity contribution in [2.24, 2.45) is 11.3 Å². The van der Waals surface area contributed by atoms with Crippen LogP contribution in [0.1, 0.15) is 75.6 Å². The summed E-state index contributed by atoms with van der Waals surface area (Å²) >= 11 is 0. The first-order valence-corrected chi connectivity index (χ1v) is 13.5. The number of alkyl carbamates (subject to hydrolysis) is 1. The number of nitrogens with one attached hydrogen (secondary N) is 1. The summed E-state index contributed by atoms with van der Waals surface area (Å²) in [7, 11) is 0. The number of carbonyl (C=O) groups is 1. The lowest BCUT2D eigenvalue weighted by Gasteiger charge is -2.44. The van der Waals surface area contributed by atoms with E-state index in [2.05, 4.69) is 73.5 Å². The van der Waals surface area contributed by atoms with Crippen molar-refractivity contribution >= 4 is 6.09 Å². The van der Waals surface area contributed by atoms with E-state index in [1.807, 2.05) is 0 Å². The average Bonchev–Trinajstić information content (AvgIpc) is 3.18. The van der Waals surface area contributed by atoms with Gasteiger partial charge in [-0.2, -0.15) is 0 Å². The SMILES string of the molecule is CCCc1ccc(-c2ccc3c(c2)CC(CC)(CC)C3NC(=O)O[C@@H]2CN3CCC2CC3)cc1. The molecule has 4 nitrogen and oxygen atoms in total. The number of nitrogens with zero attached hydrogens (tertiary/aromatic N) is 1. The van der Waals surface area contributed by atoms with E-state index in [0.29, 0.717) is 5.92 Å². The average molecular weight is 461 g/mol. The van der Waals surface area contributed by atoms with Gasteiger partial charge in [0.2, 0.25) is 0 Å². The van der Waals surface area contributed by atoms with Gasteiger partial charge in [-0.25, -0.2) is 4.79 Å². The second-order valence-corrected chi connectivity index (χ2v) is 10.8. The maximum atomic E-state index is 13.1. The first kappa shape index (κ1) is 23.4. The molecule has 4 heteroatoms. The molecule has 3 aliphatic heterocycles. The monoisotopic (exact) mass is 460 g/mol. The zero-order chi connectivity index (χ0) is 23.7. The molecule has 2 atom stereocenters. The van der Waals surface area contributed by atoms with Crippen molar-refractivity contribution in [2.45, 2.75) is 77.9 Å². The quantitative estimate of drug-likeness (QED) is 0.511. The van der Waals surface area contributed by atoms with Gasteiger partial charge in [-0.1, -0.05) is 69.7 Å². The summed E-state index contributed by atoms with van der Waals surface area (Å²) in [5, 5.41) is 3.34. The van der Waals surface area contributed by atoms with Crippen LogP contribution in [0.3, 0.4) is 0 Å². The Balaban J connectivity index is 1.35. The van der Waals surface area contributed by atoms with E-state index in [1.54, 1.807) is 0 Å². The number of amides is 1. The molecule has 6 rings (SSSR count). The predicted octanol–water partition coefficient (Wildman–Crippen LogP) is 6.53. The third-order valence-corrected chi connectivity index (χ3v) is 8.96. The number of ether oxygens (including phenoxy) is 1. The molecule has 0 spiro atoms. The molecule has 34 heavy (non-hydrogen) atoms. The van der Waals surface area contributed by atoms with Crippen molar-refractivity contribution in [2.75, 3.05) is 19.6 Å². The number of aryl methyl sites for hydroxylation is 1. The van der Waals surface area contributed by atoms with Crippen LogP contribution in [0.2, 0.25) is 0 Å². The van der Waals surface area contributed by atoms with Crippen molar-refractivity contribution in [3.63, 3.8) is 0 Å². The van der Waals surface area contributed by atoms with Gasteiger partial charge in [-0.15, -0.1) is 0 Å². The van der Waals surface area contributed by atoms with Gasteiger partial charge in [-0.05, 0) is 90.8 Å². The third kappa shape index (κ3) is 4.37. The normalized spacial score (nSPS) is 26.8. The molecule has 0 aromatic heterocycles. The fourth-order valence-electron chi connectivity index (χ4n) is 6.66. The van der Waals surface area contributed by atoms with E-state index in [0.717, 1.165) is 58.2 Å². The summed E-state index contributed by atoms with van der Waals surface area (Å²) in [4.78, 5) is 15.5. The van der Waals surface area contributed by atoms with Crippen LogP contribution < -0.4 is 5.32 Å². The number of fused-ring (bicyclic) bond motifs is 4. The molecular weight excluding hydrogens is 420 g/mol. The number of carbonyl (C=O) groups excluding carboxylic acids is 1. The molecule has 2 bridgehead atoms. The Hall–Kier alpha value is -2.33. The molecule has 1 unspecified atom stereocenters. The van der Waals surface area contributed by atoms with Gasteiger partial charge >= 0.3 is 6.09 Å². The highest BCUT2D eigenvalue weighted by atomic mass is 16.6. The van der Waals surface area contributed by atoms with Gasteiger partial charge in [0, 0.05) is 6.54 Å². The minimum atomic E-state index is -0.238. The smallest absolute Gasteiger partial charge is 0.407 e. The second-order valence-electron chi connectivity index (χ2n) is 10.8. The molecule has 2 aromatic carbocycles. The zero-order valence-corrected chi connectivity index (χ0v) is 21.1. The maximum Gasteiger partial charge on any atom is 0.407 e. The lowest BCUT2D eigenvalue weighted by atomic mass is 9.76. The van der Waals surface area contributed by atoms with E-state index >= 15 is 0 Å². The second kappa shape index (κ2) is 9.73. The molecule has 4 aliphatic rings. The first-order valence-electron chi connectivity index (χ1n) is 13.5. The van der Waals surface area contributed by atoms with Gasteiger partial charge in [0.05, 0.1) is 6.04 Å². The topological polar surface area (TPSA) is 41.6 Å². The van der Waals surface area contributed by atoms with E-state index in [4.69, 9.17) is 4.74 Å². The fourth-order valence-corrected chi connectivity index (χ4v) is 6.66. The van der Waals surface area contributed by atoms with E-state index in [9.17, 15) is 4.79 Å². The van der Waals surface area contributed by atoms with Crippen LogP contribution in [0.4, 0.5) is 4.79 Å². The van der Waals surface area contributed by atoms with Gasteiger partial charge in [0.1, 0.15) is 6.10 Å². The first-order chi connectivity index (χ1) is 16.5. The largest absolute Gasteiger partial charge is 0.445 e. The van der Waals surface area contributed by atoms with Crippen molar-refractivity contribution < 1.29 is 9.53 Å². The molecule has 1 aliphatic carbocycles. The summed E-state index contributed by atoms with van der Waals surface area (Å²) in [6, 6.07) is 15.8. The molecule has 182 valence electrons. The zero-order valence-electron chi connectivity index (χ0n) is 21.1. The Kier molecular flexibility index (Phi) is 6.70. The van der Waals surface area contributed by atoms with Crippen molar-refractivity contribution in [1.29, 1.82) is 0 Å². The van der Waals surface area contributed by atoms with Crippen LogP contribution in [0.25, 0.3) is 11.1 Å². The van der Waals surface area contributed by atoms with E-state index in [-0.39, 0.29) is 23.7 Å². The van der Waals surface area contributed by atoms with Gasteiger partial charge in [0.25, 0.3) is 0 Å². The lowest BCUT2D eigenvalue weighted by molar-refractivity contribution is -0.0353. The van der Waals surface area contributed by atoms with Crippen LogP contribution >= 0.6 is 0 Å². The van der Waals surface area contributed by atoms with E-state index < -0.39 is 0 Å². The summed E-state index contributed by atoms with van der Waals surface area (Å²) in [5.41, 5.74) is 6.60. The number of hydrogen-bond donors (Lipinski definition) is 1. The Bertz CT molecular complexity index is 1000. The molecule has 3 fully saturated rings. The molecule has 0 saturated carbocycles. The van der Waals surface area contributed by atoms with Crippen molar-refractivity contribution in [3.05, 3.63) is 59.2 Å². The number of hydrogen-bond acceptors (Lipinski definition) is 3. The number of piperidine rings is 3. The molecule has 3 heterocycles. The molecule has 0 radical (unpaired) electrons. The third-order valence-electron chi connectivity index (χ3n) is 8.96. The molecular formula is C30H40N2O2. The van der Waals surface area contributed by atoms with E-state index in [1.165, 1.54) is 34.2 Å². The Morgan fingerprint density at radius 3 is 2.35 bits per heavy atom. The van der Waals surface area contributed by atoms with Crippen LogP contribution in [-0.4, -0.2) is 36.7 Å². The van der Waals surface area contributed by atoms with Gasteiger partial charge in [0.15, 0.2) is 0 Å². The molecule has 2 aromatic rings. The van der Waals surface area contributed by atoms with Gasteiger partial charge < -0.3 is 10.1 Å². The van der Waals surface area contributed by atoms with Crippen LogP contribution in [0.15, 0.2) is 42.5 Å². The highest BCUT2D eigenvalue weighted by Crippen LogP contribution is 2.51. The fraction of sp³-hybridized carbons (Fsp3) is 0.567. The Morgan fingerprint density at radius 1 is 1.03 bits per heavy atom. The highest BCUT2D eigenvalue weighted by Gasteiger charge is 2.45. The summed E-state index contributed by atoms with van der Waals surface area (Å²) < 4.78 is 6.02. The minimum absolute atomic E-state index is 0.00654. The molecule has 3 saturated heterocycles. The number of rotatable bonds is 7. The van der Waals surface area contributed by atoms with Crippen LogP contribution in [0, 0.1) is 11.3 Å². The summed E-state index contributed by atoms with van der Waals surface area (Å²) in [6.45, 7) is 9.94. The van der Waals surface area contributed by atoms with Gasteiger partial charge in [-0.3, -0.25) is 4.90 Å². The molecule has 1 amide bonds. The highest BCUT2D eigenvalue weighted by molar-refractivity contribution is 5.70. The minimum Gasteiger partial charge on any atom is -0.445 e. The van der Waals surface area contributed by atoms with Crippen molar-refractivity contribution in [1.82, 2.24) is 10.2 Å². The van der Waals surface area contributed by atoms with Crippen LogP contribution in [-0.2, 0) is 17.6 Å². The van der Waals surface area contributed by atoms with Crippen LogP contribution in [0.5, 0.6) is 0 Å². The summed E-state index contributed by atoms with van der Waals surface area (Å²) in [5.74, 6) is 0.528. The maximum absolute atomic E-state index is 13.1. The van der Waals surface area contributed by atoms with Crippen molar-refractivity contribution in [3.8, 4) is 11.1 Å². The predicted molar refractivity (Wildman–Crippen MR) is 138 cm³/mol. The number of benzene rings is 2. The lowest BCUT2D eigenvalue weighted by Crippen LogP contribution is -2.53. The molecule has 1 N–H and O–H groups in total.